The highest BCUT2D eigenvalue weighted by molar-refractivity contribution is 5.79. The zero-order valence-electron chi connectivity index (χ0n) is 11.1. The first-order chi connectivity index (χ1) is 10.4. The van der Waals surface area contributed by atoms with Gasteiger partial charge in [0.15, 0.2) is 5.82 Å². The van der Waals surface area contributed by atoms with Crippen molar-refractivity contribution < 1.29 is 13.2 Å². The second-order valence-corrected chi connectivity index (χ2v) is 4.71. The van der Waals surface area contributed by atoms with Crippen LogP contribution in [0.15, 0.2) is 53.3 Å². The van der Waals surface area contributed by atoms with E-state index in [2.05, 4.69) is 4.98 Å². The van der Waals surface area contributed by atoms with Gasteiger partial charge in [0.2, 0.25) is 0 Å². The summed E-state index contributed by atoms with van der Waals surface area (Å²) < 4.78 is 39.2. The molecule has 0 fully saturated rings. The second kappa shape index (κ2) is 4.87. The van der Waals surface area contributed by atoms with E-state index >= 15 is 0 Å². The van der Waals surface area contributed by atoms with Crippen molar-refractivity contribution in [3.63, 3.8) is 0 Å². The molecule has 0 spiro atoms. The van der Waals surface area contributed by atoms with E-state index in [4.69, 9.17) is 5.84 Å². The quantitative estimate of drug-likeness (QED) is 0.703. The first-order valence-corrected chi connectivity index (χ1v) is 6.32. The first kappa shape index (κ1) is 14.1. The number of nitrogen functional groups attached to an aromatic ring is 1. The Morgan fingerprint density at radius 2 is 1.77 bits per heavy atom. The Hall–Kier alpha value is -2.83. The van der Waals surface area contributed by atoms with Gasteiger partial charge >= 0.3 is 6.18 Å². The summed E-state index contributed by atoms with van der Waals surface area (Å²) in [4.78, 5) is 16.4. The van der Waals surface area contributed by atoms with Crippen molar-refractivity contribution in [2.45, 2.75) is 6.18 Å². The molecule has 2 aromatic carbocycles. The lowest BCUT2D eigenvalue weighted by molar-refractivity contribution is -0.137. The molecule has 7 heteroatoms. The zero-order chi connectivity index (χ0) is 15.9. The van der Waals surface area contributed by atoms with Gasteiger partial charge < -0.3 is 5.84 Å². The molecule has 0 radical (unpaired) electrons. The zero-order valence-corrected chi connectivity index (χ0v) is 11.1. The maximum atomic E-state index is 12.8. The summed E-state index contributed by atoms with van der Waals surface area (Å²) in [5, 5.41) is 0.306. The number of hydrogen-bond donors (Lipinski definition) is 1. The van der Waals surface area contributed by atoms with Crippen LogP contribution in [0.3, 0.4) is 0 Å². The van der Waals surface area contributed by atoms with Crippen LogP contribution in [0.5, 0.6) is 0 Å². The number of fused-ring (bicyclic) bond motifs is 1. The number of benzene rings is 2. The number of aromatic nitrogens is 2. The molecule has 0 saturated carbocycles. The van der Waals surface area contributed by atoms with Crippen LogP contribution in [0.1, 0.15) is 5.56 Å². The summed E-state index contributed by atoms with van der Waals surface area (Å²) in [6.07, 6.45) is -4.48. The molecule has 112 valence electrons. The third kappa shape index (κ3) is 2.30. The van der Waals surface area contributed by atoms with Crippen LogP contribution in [0.25, 0.3) is 22.3 Å². The Bertz CT molecular complexity index is 916. The number of hydrogen-bond acceptors (Lipinski definition) is 3. The monoisotopic (exact) mass is 305 g/mol. The van der Waals surface area contributed by atoms with Crippen LogP contribution >= 0.6 is 0 Å². The molecule has 4 nitrogen and oxygen atoms in total. The Labute approximate surface area is 122 Å². The fourth-order valence-corrected chi connectivity index (χ4v) is 2.18. The maximum Gasteiger partial charge on any atom is 0.416 e. The normalized spacial score (nSPS) is 11.8. The van der Waals surface area contributed by atoms with E-state index in [1.54, 1.807) is 24.3 Å². The van der Waals surface area contributed by atoms with E-state index in [0.717, 1.165) is 16.8 Å². The summed E-state index contributed by atoms with van der Waals surface area (Å²) in [7, 11) is 0. The van der Waals surface area contributed by atoms with E-state index in [0.29, 0.717) is 10.9 Å². The second-order valence-electron chi connectivity index (χ2n) is 4.71. The number of nitrogens with zero attached hydrogens (tertiary/aromatic N) is 2. The van der Waals surface area contributed by atoms with E-state index in [1.807, 2.05) is 0 Å². The number of alkyl halides is 3. The molecule has 0 saturated heterocycles. The molecule has 1 aromatic heterocycles. The number of para-hydroxylation sites is 1. The van der Waals surface area contributed by atoms with Gasteiger partial charge in [0.05, 0.1) is 16.5 Å². The van der Waals surface area contributed by atoms with Crippen molar-refractivity contribution in [2.24, 2.45) is 0 Å². The van der Waals surface area contributed by atoms with Gasteiger partial charge in [0, 0.05) is 5.56 Å². The minimum atomic E-state index is -4.48. The lowest BCUT2D eigenvalue weighted by atomic mass is 10.1. The summed E-state index contributed by atoms with van der Waals surface area (Å²) in [6.45, 7) is 0. The fraction of sp³-hybridized carbons (Fsp3) is 0.0667. The predicted octanol–water partition coefficient (Wildman–Crippen LogP) is 2.80. The number of rotatable bonds is 1. The summed E-state index contributed by atoms with van der Waals surface area (Å²) in [5.74, 6) is 5.68. The third-order valence-corrected chi connectivity index (χ3v) is 3.26. The molecule has 3 rings (SSSR count). The van der Waals surface area contributed by atoms with Gasteiger partial charge in [0.25, 0.3) is 5.56 Å². The molecule has 0 atom stereocenters. The third-order valence-electron chi connectivity index (χ3n) is 3.26. The molecular weight excluding hydrogens is 295 g/mol. The van der Waals surface area contributed by atoms with Crippen molar-refractivity contribution in [3.8, 4) is 11.4 Å². The topological polar surface area (TPSA) is 60.9 Å². The highest BCUT2D eigenvalue weighted by Crippen LogP contribution is 2.31. The van der Waals surface area contributed by atoms with Gasteiger partial charge in [0.1, 0.15) is 0 Å². The van der Waals surface area contributed by atoms with Gasteiger partial charge in [-0.25, -0.2) is 9.66 Å². The molecule has 0 aliphatic carbocycles. The maximum absolute atomic E-state index is 12.8. The van der Waals surface area contributed by atoms with Crippen molar-refractivity contribution in [1.82, 2.24) is 9.66 Å². The Kier molecular flexibility index (Phi) is 3.13. The molecule has 0 aliphatic rings. The first-order valence-electron chi connectivity index (χ1n) is 6.32. The average molecular weight is 305 g/mol. The van der Waals surface area contributed by atoms with Gasteiger partial charge in [-0.2, -0.15) is 13.2 Å². The molecule has 1 heterocycles. The molecule has 22 heavy (non-hydrogen) atoms. The van der Waals surface area contributed by atoms with Crippen LogP contribution < -0.4 is 11.4 Å². The van der Waals surface area contributed by atoms with Crippen LogP contribution in [0.4, 0.5) is 13.2 Å². The molecule has 0 amide bonds. The fourth-order valence-electron chi connectivity index (χ4n) is 2.18. The Balaban J connectivity index is 2.27. The van der Waals surface area contributed by atoms with E-state index in [1.165, 1.54) is 12.1 Å². The van der Waals surface area contributed by atoms with Gasteiger partial charge in [-0.3, -0.25) is 4.79 Å². The predicted molar refractivity (Wildman–Crippen MR) is 76.6 cm³/mol. The number of halogens is 3. The van der Waals surface area contributed by atoms with Crippen LogP contribution in [-0.2, 0) is 6.18 Å². The van der Waals surface area contributed by atoms with E-state index in [9.17, 15) is 18.0 Å². The largest absolute Gasteiger partial charge is 0.416 e. The smallest absolute Gasteiger partial charge is 0.334 e. The molecule has 2 N–H and O–H groups in total. The lowest BCUT2D eigenvalue weighted by Gasteiger charge is -2.11. The van der Waals surface area contributed by atoms with Crippen molar-refractivity contribution in [3.05, 3.63) is 64.4 Å². The molecule has 0 unspecified atom stereocenters. The van der Waals surface area contributed by atoms with Crippen molar-refractivity contribution in [1.29, 1.82) is 0 Å². The SMILES string of the molecule is Nn1c(-c2cccc(C(F)(F)F)c2)nc2ccccc2c1=O. The van der Waals surface area contributed by atoms with Gasteiger partial charge in [-0.05, 0) is 24.3 Å². The van der Waals surface area contributed by atoms with Gasteiger partial charge in [-0.1, -0.05) is 24.3 Å². The summed E-state index contributed by atoms with van der Waals surface area (Å²) in [6, 6.07) is 11.1. The van der Waals surface area contributed by atoms with Crippen LogP contribution in [-0.4, -0.2) is 9.66 Å². The Morgan fingerprint density at radius 3 is 2.50 bits per heavy atom. The average Bonchev–Trinajstić information content (AvgIpc) is 2.50. The van der Waals surface area contributed by atoms with Gasteiger partial charge in [-0.15, -0.1) is 0 Å². The standard InChI is InChI=1S/C15H10F3N3O/c16-15(17,18)10-5-3-4-9(8-10)13-20-12-7-2-1-6-11(12)14(22)21(13)19/h1-8H,19H2. The van der Waals surface area contributed by atoms with Crippen molar-refractivity contribution >= 4 is 10.9 Å². The summed E-state index contributed by atoms with van der Waals surface area (Å²) >= 11 is 0. The molecule has 0 bridgehead atoms. The molecular formula is C15H10F3N3O. The Morgan fingerprint density at radius 1 is 1.05 bits per heavy atom. The molecule has 3 aromatic rings. The minimum Gasteiger partial charge on any atom is -0.334 e. The number of nitrogens with two attached hydrogens (primary N) is 1. The van der Waals surface area contributed by atoms with E-state index in [-0.39, 0.29) is 11.4 Å². The molecule has 0 aliphatic heterocycles. The highest BCUT2D eigenvalue weighted by Gasteiger charge is 2.30. The summed E-state index contributed by atoms with van der Waals surface area (Å²) in [5.41, 5.74) is -0.841. The lowest BCUT2D eigenvalue weighted by Crippen LogP contribution is -2.29. The van der Waals surface area contributed by atoms with E-state index < -0.39 is 17.3 Å². The van der Waals surface area contributed by atoms with Crippen LogP contribution in [0.2, 0.25) is 0 Å². The minimum absolute atomic E-state index is 0.0187. The van der Waals surface area contributed by atoms with Crippen LogP contribution in [0, 0.1) is 0 Å². The highest BCUT2D eigenvalue weighted by atomic mass is 19.4. The van der Waals surface area contributed by atoms with Crippen molar-refractivity contribution in [2.75, 3.05) is 5.84 Å².